The molecule has 0 aliphatic carbocycles. The highest BCUT2D eigenvalue weighted by molar-refractivity contribution is 7.90. The van der Waals surface area contributed by atoms with Gasteiger partial charge in [0.1, 0.15) is 5.69 Å². The van der Waals surface area contributed by atoms with Crippen molar-refractivity contribution in [2.75, 3.05) is 6.26 Å². The van der Waals surface area contributed by atoms with Gasteiger partial charge in [-0.1, -0.05) is 5.16 Å². The van der Waals surface area contributed by atoms with E-state index in [1.54, 1.807) is 24.4 Å². The van der Waals surface area contributed by atoms with E-state index in [0.717, 1.165) is 6.26 Å². The lowest BCUT2D eigenvalue weighted by molar-refractivity contribution is 0.431. The summed E-state index contributed by atoms with van der Waals surface area (Å²) in [6.45, 7) is 0. The molecule has 0 atom stereocenters. The maximum absolute atomic E-state index is 11.4. The van der Waals surface area contributed by atoms with Gasteiger partial charge in [0.05, 0.1) is 4.90 Å². The van der Waals surface area contributed by atoms with Crippen molar-refractivity contribution in [1.82, 2.24) is 20.3 Å². The first kappa shape index (κ1) is 12.5. The molecule has 0 aliphatic rings. The molecule has 20 heavy (non-hydrogen) atoms. The summed E-state index contributed by atoms with van der Waals surface area (Å²) in [6, 6.07) is 8.01. The summed E-state index contributed by atoms with van der Waals surface area (Å²) in [5, 5.41) is 10.4. The number of nitrogens with zero attached hydrogens (tertiary/aromatic N) is 3. The summed E-state index contributed by atoms with van der Waals surface area (Å²) in [6.07, 6.45) is 2.74. The van der Waals surface area contributed by atoms with Crippen LogP contribution in [0.25, 0.3) is 23.0 Å². The molecular formula is C12H10N4O3S. The highest BCUT2D eigenvalue weighted by Gasteiger charge is 2.12. The van der Waals surface area contributed by atoms with Gasteiger partial charge in [-0.2, -0.15) is 10.1 Å². The molecule has 102 valence electrons. The van der Waals surface area contributed by atoms with Crippen LogP contribution in [0.15, 0.2) is 45.9 Å². The fourth-order valence-electron chi connectivity index (χ4n) is 1.68. The topological polar surface area (TPSA) is 102 Å². The minimum Gasteiger partial charge on any atom is -0.332 e. The van der Waals surface area contributed by atoms with E-state index in [1.807, 2.05) is 0 Å². The van der Waals surface area contributed by atoms with Crippen LogP contribution in [-0.4, -0.2) is 35.0 Å². The Balaban J connectivity index is 1.94. The fraction of sp³-hybridized carbons (Fsp3) is 0.0833. The number of rotatable bonds is 3. The van der Waals surface area contributed by atoms with Crippen molar-refractivity contribution in [3.05, 3.63) is 36.5 Å². The second-order valence-electron chi connectivity index (χ2n) is 4.19. The zero-order valence-corrected chi connectivity index (χ0v) is 11.3. The normalized spacial score (nSPS) is 11.7. The van der Waals surface area contributed by atoms with Gasteiger partial charge in [-0.3, -0.25) is 5.10 Å². The quantitative estimate of drug-likeness (QED) is 0.784. The highest BCUT2D eigenvalue weighted by Crippen LogP contribution is 2.21. The Labute approximate surface area is 114 Å². The van der Waals surface area contributed by atoms with Crippen molar-refractivity contribution in [1.29, 1.82) is 0 Å². The van der Waals surface area contributed by atoms with E-state index in [9.17, 15) is 8.42 Å². The molecule has 7 nitrogen and oxygen atoms in total. The largest absolute Gasteiger partial charge is 0.332 e. The molecule has 0 aliphatic heterocycles. The number of hydrogen-bond acceptors (Lipinski definition) is 6. The van der Waals surface area contributed by atoms with Gasteiger partial charge in [0.15, 0.2) is 9.84 Å². The van der Waals surface area contributed by atoms with Gasteiger partial charge in [0.25, 0.3) is 5.89 Å². The lowest BCUT2D eigenvalue weighted by atomic mass is 10.2. The molecule has 1 N–H and O–H groups in total. The molecule has 0 unspecified atom stereocenters. The lowest BCUT2D eigenvalue weighted by Gasteiger charge is -1.98. The Morgan fingerprint density at radius 3 is 2.50 bits per heavy atom. The molecule has 1 aromatic carbocycles. The second-order valence-corrected chi connectivity index (χ2v) is 6.21. The molecule has 0 radical (unpaired) electrons. The number of H-pyrrole nitrogens is 1. The summed E-state index contributed by atoms with van der Waals surface area (Å²) < 4.78 is 27.9. The number of aromatic nitrogens is 4. The molecule has 2 aromatic heterocycles. The number of benzene rings is 1. The third kappa shape index (κ3) is 2.32. The third-order valence-corrected chi connectivity index (χ3v) is 3.83. The lowest BCUT2D eigenvalue weighted by Crippen LogP contribution is -1.96. The maximum Gasteiger partial charge on any atom is 0.276 e. The Hall–Kier alpha value is -2.48. The second kappa shape index (κ2) is 4.57. The smallest absolute Gasteiger partial charge is 0.276 e. The van der Waals surface area contributed by atoms with Gasteiger partial charge in [-0.25, -0.2) is 8.42 Å². The first-order chi connectivity index (χ1) is 9.54. The van der Waals surface area contributed by atoms with Crippen molar-refractivity contribution in [2.24, 2.45) is 0 Å². The molecule has 3 aromatic rings. The summed E-state index contributed by atoms with van der Waals surface area (Å²) in [5.41, 5.74) is 1.29. The average Bonchev–Trinajstić information content (AvgIpc) is 3.09. The minimum absolute atomic E-state index is 0.249. The molecule has 0 saturated carbocycles. The fourth-order valence-corrected chi connectivity index (χ4v) is 2.31. The molecule has 0 fully saturated rings. The molecule has 0 spiro atoms. The highest BCUT2D eigenvalue weighted by atomic mass is 32.2. The van der Waals surface area contributed by atoms with E-state index in [4.69, 9.17) is 4.52 Å². The van der Waals surface area contributed by atoms with Crippen molar-refractivity contribution >= 4 is 9.84 Å². The SMILES string of the molecule is CS(=O)(=O)c1ccc(-c2noc(-c3ccn[nH]3)n2)cc1. The zero-order chi connectivity index (χ0) is 14.2. The van der Waals surface area contributed by atoms with Crippen LogP contribution in [0.2, 0.25) is 0 Å². The van der Waals surface area contributed by atoms with E-state index in [2.05, 4.69) is 20.3 Å². The van der Waals surface area contributed by atoms with Crippen molar-refractivity contribution in [2.45, 2.75) is 4.90 Å². The summed E-state index contributed by atoms with van der Waals surface area (Å²) in [5.74, 6) is 0.708. The molecule has 0 amide bonds. The molecule has 0 bridgehead atoms. The first-order valence-electron chi connectivity index (χ1n) is 5.68. The van der Waals surface area contributed by atoms with Crippen LogP contribution in [0.5, 0.6) is 0 Å². The van der Waals surface area contributed by atoms with Crippen molar-refractivity contribution in [3.8, 4) is 23.0 Å². The van der Waals surface area contributed by atoms with E-state index in [0.29, 0.717) is 23.0 Å². The van der Waals surface area contributed by atoms with E-state index < -0.39 is 9.84 Å². The molecule has 8 heteroatoms. The van der Waals surface area contributed by atoms with Crippen LogP contribution >= 0.6 is 0 Å². The van der Waals surface area contributed by atoms with Gasteiger partial charge in [0.2, 0.25) is 5.82 Å². The van der Waals surface area contributed by atoms with E-state index >= 15 is 0 Å². The minimum atomic E-state index is -3.21. The van der Waals surface area contributed by atoms with Crippen molar-refractivity contribution in [3.63, 3.8) is 0 Å². The zero-order valence-electron chi connectivity index (χ0n) is 10.4. The maximum atomic E-state index is 11.4. The standard InChI is InChI=1S/C12H10N4O3S/c1-20(17,18)9-4-2-8(3-5-9)11-14-12(19-16-11)10-6-7-13-15-10/h2-7H,1H3,(H,13,15). The molecule has 2 heterocycles. The number of aromatic amines is 1. The monoisotopic (exact) mass is 290 g/mol. The van der Waals surface area contributed by atoms with Crippen LogP contribution in [-0.2, 0) is 9.84 Å². The summed E-state index contributed by atoms with van der Waals surface area (Å²) in [4.78, 5) is 4.46. The van der Waals surface area contributed by atoms with Gasteiger partial charge in [-0.05, 0) is 30.3 Å². The Kier molecular flexibility index (Phi) is 2.87. The number of sulfone groups is 1. The summed E-state index contributed by atoms with van der Waals surface area (Å²) in [7, 11) is -3.21. The van der Waals surface area contributed by atoms with Gasteiger partial charge in [-0.15, -0.1) is 0 Å². The van der Waals surface area contributed by atoms with E-state index in [1.165, 1.54) is 12.1 Å². The van der Waals surface area contributed by atoms with Crippen LogP contribution in [0, 0.1) is 0 Å². The summed E-state index contributed by atoms with van der Waals surface area (Å²) >= 11 is 0. The van der Waals surface area contributed by atoms with Gasteiger partial charge < -0.3 is 4.52 Å². The van der Waals surface area contributed by atoms with Crippen molar-refractivity contribution < 1.29 is 12.9 Å². The van der Waals surface area contributed by atoms with E-state index in [-0.39, 0.29) is 4.90 Å². The first-order valence-corrected chi connectivity index (χ1v) is 7.57. The number of hydrogen-bond donors (Lipinski definition) is 1. The predicted octanol–water partition coefficient (Wildman–Crippen LogP) is 1.53. The Bertz CT molecular complexity index is 820. The van der Waals surface area contributed by atoms with Crippen LogP contribution in [0.4, 0.5) is 0 Å². The van der Waals surface area contributed by atoms with Gasteiger partial charge in [0, 0.05) is 18.0 Å². The molecule has 3 rings (SSSR count). The Morgan fingerprint density at radius 2 is 1.90 bits per heavy atom. The third-order valence-electron chi connectivity index (χ3n) is 2.70. The average molecular weight is 290 g/mol. The van der Waals surface area contributed by atoms with Crippen LogP contribution in [0.1, 0.15) is 0 Å². The molecular weight excluding hydrogens is 280 g/mol. The van der Waals surface area contributed by atoms with Crippen LogP contribution in [0.3, 0.4) is 0 Å². The Morgan fingerprint density at radius 1 is 1.15 bits per heavy atom. The van der Waals surface area contributed by atoms with Gasteiger partial charge >= 0.3 is 0 Å². The molecule has 0 saturated heterocycles. The van der Waals surface area contributed by atoms with Crippen LogP contribution < -0.4 is 0 Å². The predicted molar refractivity (Wildman–Crippen MR) is 70.4 cm³/mol. The number of nitrogens with one attached hydrogen (secondary N) is 1.